The second kappa shape index (κ2) is 10.4. The molecule has 0 fully saturated rings. The molecule has 1 unspecified atom stereocenters. The fourth-order valence-electron chi connectivity index (χ4n) is 4.34. The number of nitrogens with zero attached hydrogens (tertiary/aromatic N) is 4. The molecule has 5 aromatic rings. The molecule has 1 atom stereocenters. The lowest BCUT2D eigenvalue weighted by Crippen LogP contribution is -2.39. The third-order valence-corrected chi connectivity index (χ3v) is 6.28. The van der Waals surface area contributed by atoms with Crippen LogP contribution in [0.1, 0.15) is 21.5 Å². The fraction of sp³-hybridized carbons (Fsp3) is 0.138. The van der Waals surface area contributed by atoms with Crippen molar-refractivity contribution in [3.05, 3.63) is 120 Å². The molecule has 0 saturated carbocycles. The summed E-state index contributed by atoms with van der Waals surface area (Å²) >= 11 is 0. The SMILES string of the molecule is Cn1cc(C=CC(=O)c2ccc(OCC(O)(Cn3cncn3)c3ccc(F)cc3F)cc2)c2ccccc21. The molecular formula is C29H24F2N4O3. The molecular weight excluding hydrogens is 490 g/mol. The molecule has 9 heteroatoms. The van der Waals surface area contributed by atoms with Gasteiger partial charge in [-0.25, -0.2) is 18.4 Å². The van der Waals surface area contributed by atoms with Gasteiger partial charge in [0.25, 0.3) is 0 Å². The number of carbonyl (C=O) groups excluding carboxylic acids is 1. The van der Waals surface area contributed by atoms with Gasteiger partial charge in [-0.05, 0) is 48.6 Å². The van der Waals surface area contributed by atoms with Crippen molar-refractivity contribution in [2.24, 2.45) is 7.05 Å². The van der Waals surface area contributed by atoms with E-state index in [-0.39, 0.29) is 24.5 Å². The number of aryl methyl sites for hydroxylation is 1. The molecule has 192 valence electrons. The van der Waals surface area contributed by atoms with Crippen molar-refractivity contribution in [2.45, 2.75) is 12.1 Å². The van der Waals surface area contributed by atoms with Gasteiger partial charge in [-0.3, -0.25) is 4.79 Å². The summed E-state index contributed by atoms with van der Waals surface area (Å²) in [5.74, 6) is -1.49. The summed E-state index contributed by atoms with van der Waals surface area (Å²) < 4.78 is 37.2. The van der Waals surface area contributed by atoms with Crippen molar-refractivity contribution in [1.29, 1.82) is 0 Å². The Hall–Kier alpha value is -4.63. The van der Waals surface area contributed by atoms with E-state index in [9.17, 15) is 18.7 Å². The Morgan fingerprint density at radius 2 is 1.89 bits per heavy atom. The summed E-state index contributed by atoms with van der Waals surface area (Å²) in [5, 5.41) is 16.4. The molecule has 0 radical (unpaired) electrons. The largest absolute Gasteiger partial charge is 0.490 e. The second-order valence-electron chi connectivity index (χ2n) is 8.97. The number of allylic oxidation sites excluding steroid dienone is 1. The molecule has 1 N–H and O–H groups in total. The van der Waals surface area contributed by atoms with E-state index in [0.29, 0.717) is 17.4 Å². The van der Waals surface area contributed by atoms with Crippen LogP contribution in [0.3, 0.4) is 0 Å². The Kier molecular flexibility index (Phi) is 6.85. The highest BCUT2D eigenvalue weighted by molar-refractivity contribution is 6.07. The Morgan fingerprint density at radius 1 is 1.11 bits per heavy atom. The summed E-state index contributed by atoms with van der Waals surface area (Å²) in [6.45, 7) is -0.533. The molecule has 0 aliphatic carbocycles. The molecule has 0 saturated heterocycles. The van der Waals surface area contributed by atoms with Crippen LogP contribution in [0.5, 0.6) is 5.75 Å². The number of hydrogen-bond donors (Lipinski definition) is 1. The number of aromatic nitrogens is 4. The lowest BCUT2D eigenvalue weighted by molar-refractivity contribution is -0.0297. The molecule has 0 bridgehead atoms. The van der Waals surface area contributed by atoms with Crippen LogP contribution in [-0.2, 0) is 19.2 Å². The minimum atomic E-state index is -1.87. The number of rotatable bonds is 9. The van der Waals surface area contributed by atoms with Gasteiger partial charge in [0, 0.05) is 46.9 Å². The average Bonchev–Trinajstić information content (AvgIpc) is 3.54. The Balaban J connectivity index is 1.30. The van der Waals surface area contributed by atoms with Gasteiger partial charge in [-0.1, -0.05) is 24.3 Å². The van der Waals surface area contributed by atoms with Crippen LogP contribution >= 0.6 is 0 Å². The molecule has 2 aromatic heterocycles. The van der Waals surface area contributed by atoms with Gasteiger partial charge in [0.2, 0.25) is 0 Å². The predicted molar refractivity (Wildman–Crippen MR) is 138 cm³/mol. The van der Waals surface area contributed by atoms with Crippen molar-refractivity contribution in [2.75, 3.05) is 6.61 Å². The van der Waals surface area contributed by atoms with E-state index in [4.69, 9.17) is 4.74 Å². The zero-order valence-electron chi connectivity index (χ0n) is 20.5. The van der Waals surface area contributed by atoms with Crippen molar-refractivity contribution < 1.29 is 23.4 Å². The molecule has 0 aliphatic heterocycles. The second-order valence-corrected chi connectivity index (χ2v) is 8.97. The van der Waals surface area contributed by atoms with Gasteiger partial charge in [-0.2, -0.15) is 5.10 Å². The van der Waals surface area contributed by atoms with E-state index >= 15 is 0 Å². The summed E-state index contributed by atoms with van der Waals surface area (Å²) in [7, 11) is 1.96. The third kappa shape index (κ3) is 5.23. The molecule has 3 aromatic carbocycles. The van der Waals surface area contributed by atoms with Crippen LogP contribution in [0.15, 0.2) is 91.7 Å². The van der Waals surface area contributed by atoms with E-state index < -0.39 is 17.2 Å². The number of fused-ring (bicyclic) bond motifs is 1. The molecule has 7 nitrogen and oxygen atoms in total. The summed E-state index contributed by atoms with van der Waals surface area (Å²) in [4.78, 5) is 16.6. The zero-order chi connectivity index (χ0) is 26.7. The molecule has 5 rings (SSSR count). The first-order chi connectivity index (χ1) is 18.3. The van der Waals surface area contributed by atoms with E-state index in [1.165, 1.54) is 29.5 Å². The number of ketones is 1. The Bertz CT molecular complexity index is 1610. The van der Waals surface area contributed by atoms with Crippen molar-refractivity contribution in [3.63, 3.8) is 0 Å². The van der Waals surface area contributed by atoms with Crippen LogP contribution in [0.25, 0.3) is 17.0 Å². The van der Waals surface area contributed by atoms with Crippen molar-refractivity contribution in [1.82, 2.24) is 19.3 Å². The average molecular weight is 515 g/mol. The van der Waals surface area contributed by atoms with E-state index in [0.717, 1.165) is 22.5 Å². The summed E-state index contributed by atoms with van der Waals surface area (Å²) in [6, 6.07) is 17.3. The summed E-state index contributed by atoms with van der Waals surface area (Å²) in [5.41, 5.74) is 0.457. The number of carbonyl (C=O) groups is 1. The molecule has 0 spiro atoms. The van der Waals surface area contributed by atoms with Crippen molar-refractivity contribution in [3.8, 4) is 5.75 Å². The van der Waals surface area contributed by atoms with Gasteiger partial charge < -0.3 is 14.4 Å². The third-order valence-electron chi connectivity index (χ3n) is 6.28. The molecule has 2 heterocycles. The number of benzene rings is 3. The maximum atomic E-state index is 14.6. The van der Waals surface area contributed by atoms with Crippen LogP contribution in [0.4, 0.5) is 8.78 Å². The van der Waals surface area contributed by atoms with Gasteiger partial charge >= 0.3 is 0 Å². The van der Waals surface area contributed by atoms with Crippen molar-refractivity contribution >= 4 is 22.8 Å². The molecule has 0 aliphatic rings. The lowest BCUT2D eigenvalue weighted by atomic mass is 9.94. The minimum absolute atomic E-state index is 0.139. The lowest BCUT2D eigenvalue weighted by Gasteiger charge is -2.29. The molecule has 0 amide bonds. The monoisotopic (exact) mass is 514 g/mol. The number of para-hydroxylation sites is 1. The zero-order valence-corrected chi connectivity index (χ0v) is 20.5. The molecule has 38 heavy (non-hydrogen) atoms. The first-order valence-electron chi connectivity index (χ1n) is 11.8. The van der Waals surface area contributed by atoms with Gasteiger partial charge in [0.1, 0.15) is 42.2 Å². The number of ether oxygens (including phenoxy) is 1. The quantitative estimate of drug-likeness (QED) is 0.223. The number of halogens is 2. The van der Waals surface area contributed by atoms with Gasteiger partial charge in [-0.15, -0.1) is 0 Å². The normalized spacial score (nSPS) is 13.2. The standard InChI is InChI=1S/C29H24F2N4O3/c1-34-15-21(24-4-2-3-5-27(24)34)8-13-28(36)20-6-10-23(11-7-20)38-17-29(37,16-35-19-32-18-33-35)25-12-9-22(30)14-26(25)31/h2-15,18-19,37H,16-17H2,1H3. The van der Waals surface area contributed by atoms with E-state index in [1.54, 1.807) is 30.3 Å². The Morgan fingerprint density at radius 3 is 2.63 bits per heavy atom. The predicted octanol–water partition coefficient (Wildman–Crippen LogP) is 4.91. The highest BCUT2D eigenvalue weighted by atomic mass is 19.1. The highest BCUT2D eigenvalue weighted by Crippen LogP contribution is 2.28. The fourth-order valence-corrected chi connectivity index (χ4v) is 4.34. The minimum Gasteiger partial charge on any atom is -0.490 e. The highest BCUT2D eigenvalue weighted by Gasteiger charge is 2.34. The van der Waals surface area contributed by atoms with Gasteiger partial charge in [0.05, 0.1) is 6.54 Å². The van der Waals surface area contributed by atoms with E-state index in [1.807, 2.05) is 42.1 Å². The number of aliphatic hydroxyl groups is 1. The van der Waals surface area contributed by atoms with Crippen LogP contribution in [-0.4, -0.2) is 36.8 Å². The first kappa shape index (κ1) is 25.0. The van der Waals surface area contributed by atoms with Crippen LogP contribution < -0.4 is 4.74 Å². The maximum Gasteiger partial charge on any atom is 0.185 e. The first-order valence-corrected chi connectivity index (χ1v) is 11.8. The van der Waals surface area contributed by atoms with Crippen LogP contribution in [0.2, 0.25) is 0 Å². The topological polar surface area (TPSA) is 82.2 Å². The van der Waals surface area contributed by atoms with E-state index in [2.05, 4.69) is 10.1 Å². The van der Waals surface area contributed by atoms with Gasteiger partial charge in [0.15, 0.2) is 5.78 Å². The Labute approximate surface area is 217 Å². The van der Waals surface area contributed by atoms with Crippen LogP contribution in [0, 0.1) is 11.6 Å². The smallest absolute Gasteiger partial charge is 0.185 e. The maximum absolute atomic E-state index is 14.6. The summed E-state index contributed by atoms with van der Waals surface area (Å²) in [6.07, 6.45) is 7.93. The number of hydrogen-bond acceptors (Lipinski definition) is 5.